The Bertz CT molecular complexity index is 660. The lowest BCUT2D eigenvalue weighted by molar-refractivity contribution is -0.123. The molecule has 1 heterocycles. The minimum atomic E-state index is -0.321. The summed E-state index contributed by atoms with van der Waals surface area (Å²) in [4.78, 5) is 39.0. The molecule has 2 rings (SSSR count). The molecule has 0 aliphatic carbocycles. The third-order valence-electron chi connectivity index (χ3n) is 4.21. The number of para-hydroxylation sites is 1. The number of ether oxygens (including phenoxy) is 1. The molecule has 1 N–H and O–H groups in total. The number of carbonyl (C=O) groups excluding carboxylic acids is 3. The van der Waals surface area contributed by atoms with Gasteiger partial charge < -0.3 is 19.9 Å². The maximum absolute atomic E-state index is 12.4. The highest BCUT2D eigenvalue weighted by molar-refractivity contribution is 6.33. The summed E-state index contributed by atoms with van der Waals surface area (Å²) >= 11 is 6.13. The maximum Gasteiger partial charge on any atom is 0.409 e. The summed E-state index contributed by atoms with van der Waals surface area (Å²) in [7, 11) is 0. The molecule has 1 aliphatic heterocycles. The SMILES string of the molecule is CCOC(=O)N1CCC(NC(=O)CN(C(C)=O)c2ccccc2Cl)CC1. The number of nitrogens with zero attached hydrogens (tertiary/aromatic N) is 2. The van der Waals surface area contributed by atoms with E-state index in [1.54, 1.807) is 36.1 Å². The van der Waals surface area contributed by atoms with Gasteiger partial charge in [0, 0.05) is 26.1 Å². The number of hydrogen-bond acceptors (Lipinski definition) is 4. The van der Waals surface area contributed by atoms with Gasteiger partial charge in [0.1, 0.15) is 6.54 Å². The van der Waals surface area contributed by atoms with Crippen LogP contribution in [0.3, 0.4) is 0 Å². The lowest BCUT2D eigenvalue weighted by Crippen LogP contribution is -2.49. The first-order chi connectivity index (χ1) is 12.4. The van der Waals surface area contributed by atoms with Crippen LogP contribution < -0.4 is 10.2 Å². The van der Waals surface area contributed by atoms with E-state index in [1.807, 2.05) is 0 Å². The van der Waals surface area contributed by atoms with Crippen LogP contribution in [0.4, 0.5) is 10.5 Å². The van der Waals surface area contributed by atoms with Gasteiger partial charge in [-0.2, -0.15) is 0 Å². The molecule has 7 nitrogen and oxygen atoms in total. The number of halogens is 1. The van der Waals surface area contributed by atoms with Gasteiger partial charge in [-0.15, -0.1) is 0 Å². The quantitative estimate of drug-likeness (QED) is 0.849. The molecule has 0 radical (unpaired) electrons. The number of nitrogens with one attached hydrogen (secondary N) is 1. The molecule has 0 spiro atoms. The number of benzene rings is 1. The van der Waals surface area contributed by atoms with Crippen molar-refractivity contribution in [1.29, 1.82) is 0 Å². The summed E-state index contributed by atoms with van der Waals surface area (Å²) in [6, 6.07) is 6.88. The van der Waals surface area contributed by atoms with Crippen molar-refractivity contribution < 1.29 is 19.1 Å². The van der Waals surface area contributed by atoms with E-state index in [2.05, 4.69) is 5.32 Å². The molecule has 0 atom stereocenters. The molecule has 1 fully saturated rings. The van der Waals surface area contributed by atoms with Gasteiger partial charge in [0.15, 0.2) is 0 Å². The molecule has 1 aromatic carbocycles. The molecule has 1 saturated heterocycles. The number of carbonyl (C=O) groups is 3. The number of hydrogen-bond donors (Lipinski definition) is 1. The van der Waals surface area contributed by atoms with E-state index < -0.39 is 0 Å². The van der Waals surface area contributed by atoms with Gasteiger partial charge in [-0.3, -0.25) is 9.59 Å². The molecule has 142 valence electrons. The average molecular weight is 382 g/mol. The van der Waals surface area contributed by atoms with Crippen LogP contribution in [0.1, 0.15) is 26.7 Å². The zero-order valence-corrected chi connectivity index (χ0v) is 15.8. The third-order valence-corrected chi connectivity index (χ3v) is 4.53. The lowest BCUT2D eigenvalue weighted by atomic mass is 10.1. The number of anilines is 1. The standard InChI is InChI=1S/C18H24ClN3O4/c1-3-26-18(25)21-10-8-14(9-11-21)20-17(24)12-22(13(2)23)16-7-5-4-6-15(16)19/h4-7,14H,3,8-12H2,1-2H3,(H,20,24). The van der Waals surface area contributed by atoms with Crippen molar-refractivity contribution in [2.75, 3.05) is 31.1 Å². The van der Waals surface area contributed by atoms with Crippen molar-refractivity contribution in [2.24, 2.45) is 0 Å². The maximum atomic E-state index is 12.4. The van der Waals surface area contributed by atoms with Crippen molar-refractivity contribution in [3.63, 3.8) is 0 Å². The fourth-order valence-electron chi connectivity index (χ4n) is 2.87. The number of rotatable bonds is 5. The minimum Gasteiger partial charge on any atom is -0.450 e. The van der Waals surface area contributed by atoms with Crippen molar-refractivity contribution in [3.05, 3.63) is 29.3 Å². The van der Waals surface area contributed by atoms with E-state index in [9.17, 15) is 14.4 Å². The minimum absolute atomic E-state index is 0.0340. The predicted octanol–water partition coefficient (Wildman–Crippen LogP) is 2.43. The van der Waals surface area contributed by atoms with Gasteiger partial charge in [0.2, 0.25) is 11.8 Å². The number of amides is 3. The highest BCUT2D eigenvalue weighted by Crippen LogP contribution is 2.25. The number of likely N-dealkylation sites (tertiary alicyclic amines) is 1. The first-order valence-corrected chi connectivity index (χ1v) is 9.03. The van der Waals surface area contributed by atoms with Crippen LogP contribution in [0, 0.1) is 0 Å². The summed E-state index contributed by atoms with van der Waals surface area (Å²) in [5.41, 5.74) is 0.508. The molecule has 3 amide bonds. The van der Waals surface area contributed by atoms with Gasteiger partial charge >= 0.3 is 6.09 Å². The monoisotopic (exact) mass is 381 g/mol. The zero-order valence-electron chi connectivity index (χ0n) is 15.0. The first-order valence-electron chi connectivity index (χ1n) is 8.66. The normalized spacial score (nSPS) is 14.7. The van der Waals surface area contributed by atoms with E-state index in [0.717, 1.165) is 0 Å². The van der Waals surface area contributed by atoms with Crippen molar-refractivity contribution in [2.45, 2.75) is 32.7 Å². The Morgan fingerprint density at radius 1 is 1.27 bits per heavy atom. The average Bonchev–Trinajstić information content (AvgIpc) is 2.61. The topological polar surface area (TPSA) is 79.0 Å². The Morgan fingerprint density at radius 2 is 1.92 bits per heavy atom. The van der Waals surface area contributed by atoms with Crippen LogP contribution in [0.5, 0.6) is 0 Å². The largest absolute Gasteiger partial charge is 0.450 e. The smallest absolute Gasteiger partial charge is 0.409 e. The second kappa shape index (κ2) is 9.43. The van der Waals surface area contributed by atoms with E-state index >= 15 is 0 Å². The highest BCUT2D eigenvalue weighted by Gasteiger charge is 2.25. The van der Waals surface area contributed by atoms with Gasteiger partial charge in [-0.1, -0.05) is 23.7 Å². The summed E-state index contributed by atoms with van der Waals surface area (Å²) in [6.45, 7) is 4.48. The van der Waals surface area contributed by atoms with Crippen LogP contribution in [0.15, 0.2) is 24.3 Å². The lowest BCUT2D eigenvalue weighted by Gasteiger charge is -2.32. The van der Waals surface area contributed by atoms with Gasteiger partial charge in [-0.05, 0) is 31.9 Å². The molecular weight excluding hydrogens is 358 g/mol. The molecule has 26 heavy (non-hydrogen) atoms. The molecule has 8 heteroatoms. The van der Waals surface area contributed by atoms with Crippen LogP contribution in [-0.2, 0) is 14.3 Å². The van der Waals surface area contributed by atoms with Gasteiger partial charge in [-0.25, -0.2) is 4.79 Å². The van der Waals surface area contributed by atoms with Crippen LogP contribution >= 0.6 is 11.6 Å². The highest BCUT2D eigenvalue weighted by atomic mass is 35.5. The van der Waals surface area contributed by atoms with Crippen LogP contribution in [-0.4, -0.2) is 55.1 Å². The Balaban J connectivity index is 1.89. The molecule has 1 aliphatic rings. The molecule has 1 aromatic rings. The van der Waals surface area contributed by atoms with Crippen molar-refractivity contribution in [1.82, 2.24) is 10.2 Å². The van der Waals surface area contributed by atoms with Crippen LogP contribution in [0.25, 0.3) is 0 Å². The summed E-state index contributed by atoms with van der Waals surface area (Å²) in [6.07, 6.45) is 0.978. The van der Waals surface area contributed by atoms with Gasteiger partial charge in [0.25, 0.3) is 0 Å². The molecular formula is C18H24ClN3O4. The molecule has 0 saturated carbocycles. The van der Waals surface area contributed by atoms with Crippen LogP contribution in [0.2, 0.25) is 5.02 Å². The Morgan fingerprint density at radius 3 is 2.50 bits per heavy atom. The Labute approximate surface area is 158 Å². The summed E-state index contributed by atoms with van der Waals surface area (Å²) < 4.78 is 4.98. The Kier molecular flexibility index (Phi) is 7.26. The first kappa shape index (κ1) is 20.0. The van der Waals surface area contributed by atoms with Gasteiger partial charge in [0.05, 0.1) is 17.3 Å². The summed E-state index contributed by atoms with van der Waals surface area (Å²) in [5.74, 6) is -0.514. The third kappa shape index (κ3) is 5.36. The molecule has 0 bridgehead atoms. The fourth-order valence-corrected chi connectivity index (χ4v) is 3.11. The van der Waals surface area contributed by atoms with E-state index in [4.69, 9.17) is 16.3 Å². The summed E-state index contributed by atoms with van der Waals surface area (Å²) in [5, 5.41) is 3.35. The van der Waals surface area contributed by atoms with Crippen molar-refractivity contribution >= 4 is 35.2 Å². The van der Waals surface area contributed by atoms with E-state index in [1.165, 1.54) is 11.8 Å². The Hall–Kier alpha value is -2.28. The van der Waals surface area contributed by atoms with E-state index in [-0.39, 0.29) is 30.5 Å². The predicted molar refractivity (Wildman–Crippen MR) is 99.2 cm³/mol. The fraction of sp³-hybridized carbons (Fsp3) is 0.500. The second-order valence-corrected chi connectivity index (χ2v) is 6.49. The molecule has 0 aromatic heterocycles. The van der Waals surface area contributed by atoms with Crippen molar-refractivity contribution in [3.8, 4) is 0 Å². The zero-order chi connectivity index (χ0) is 19.1. The van der Waals surface area contributed by atoms with E-state index in [0.29, 0.717) is 43.2 Å². The second-order valence-electron chi connectivity index (χ2n) is 6.08. The molecule has 0 unspecified atom stereocenters. The number of piperidine rings is 1.